The number of carbonyl (C=O) groups is 3. The van der Waals surface area contributed by atoms with Gasteiger partial charge in [-0.05, 0) is 18.6 Å². The van der Waals surface area contributed by atoms with Gasteiger partial charge in [0, 0.05) is 32.6 Å². The summed E-state index contributed by atoms with van der Waals surface area (Å²) in [5, 5.41) is 11.5. The standard InChI is InChI=1S/C18H22N4O5/c23-15-5-4-14(17(24)19-15)22-10-11-27-16-12(2-1-3-13(16)22)20-6-8-21(9-7-20)18(25)26/h1-3,14H,4-11H2,(H,25,26)(H,19,23,24)/t14-/m1/s1. The van der Waals surface area contributed by atoms with Gasteiger partial charge in [-0.2, -0.15) is 0 Å². The molecule has 2 saturated heterocycles. The van der Waals surface area contributed by atoms with Gasteiger partial charge in [0.05, 0.1) is 17.9 Å². The predicted molar refractivity (Wildman–Crippen MR) is 97.3 cm³/mol. The van der Waals surface area contributed by atoms with Crippen LogP contribution in [0.1, 0.15) is 12.8 Å². The highest BCUT2D eigenvalue weighted by Crippen LogP contribution is 2.42. The monoisotopic (exact) mass is 374 g/mol. The summed E-state index contributed by atoms with van der Waals surface area (Å²) in [5.41, 5.74) is 1.75. The third kappa shape index (κ3) is 3.24. The molecule has 1 atom stereocenters. The fourth-order valence-electron chi connectivity index (χ4n) is 3.94. The number of imide groups is 1. The summed E-state index contributed by atoms with van der Waals surface area (Å²) in [6, 6.07) is 5.42. The smallest absolute Gasteiger partial charge is 0.407 e. The number of fused-ring (bicyclic) bond motifs is 1. The molecule has 0 bridgehead atoms. The normalized spacial score (nSPS) is 22.8. The molecule has 4 rings (SSSR count). The maximum Gasteiger partial charge on any atom is 0.407 e. The average molecular weight is 374 g/mol. The van der Waals surface area contributed by atoms with E-state index in [1.807, 2.05) is 23.1 Å². The third-order valence-electron chi connectivity index (χ3n) is 5.34. The van der Waals surface area contributed by atoms with Crippen LogP contribution in [0, 0.1) is 0 Å². The second-order valence-corrected chi connectivity index (χ2v) is 6.89. The Kier molecular flexibility index (Phi) is 4.51. The molecular formula is C18H22N4O5. The summed E-state index contributed by atoms with van der Waals surface area (Å²) in [6.45, 7) is 3.09. The fraction of sp³-hybridized carbons (Fsp3) is 0.500. The molecule has 3 aliphatic heterocycles. The first-order valence-electron chi connectivity index (χ1n) is 9.13. The number of carbonyl (C=O) groups excluding carboxylic acids is 2. The number of carboxylic acid groups (broad SMARTS) is 1. The quantitative estimate of drug-likeness (QED) is 0.727. The van der Waals surface area contributed by atoms with E-state index in [0.29, 0.717) is 52.2 Å². The molecule has 144 valence electrons. The second kappa shape index (κ2) is 6.98. The van der Waals surface area contributed by atoms with Gasteiger partial charge in [-0.15, -0.1) is 0 Å². The molecule has 3 aliphatic rings. The van der Waals surface area contributed by atoms with E-state index in [0.717, 1.165) is 17.1 Å². The molecule has 0 spiro atoms. The van der Waals surface area contributed by atoms with Crippen molar-refractivity contribution < 1.29 is 24.2 Å². The topological polar surface area (TPSA) is 102 Å². The van der Waals surface area contributed by atoms with Crippen molar-refractivity contribution in [2.75, 3.05) is 49.1 Å². The predicted octanol–water partition coefficient (Wildman–Crippen LogP) is 0.491. The molecule has 1 aromatic rings. The number of hydrogen-bond donors (Lipinski definition) is 2. The van der Waals surface area contributed by atoms with Crippen LogP contribution in [-0.4, -0.2) is 73.3 Å². The minimum absolute atomic E-state index is 0.227. The van der Waals surface area contributed by atoms with Gasteiger partial charge in [0.15, 0.2) is 5.75 Å². The maximum absolute atomic E-state index is 12.3. The SMILES string of the molecule is O=C1CC[C@@H](N2CCOc3c(N4CCN(C(=O)O)CC4)cccc32)C(=O)N1. The summed E-state index contributed by atoms with van der Waals surface area (Å²) in [4.78, 5) is 40.4. The summed E-state index contributed by atoms with van der Waals surface area (Å²) < 4.78 is 5.95. The molecule has 9 heteroatoms. The van der Waals surface area contributed by atoms with Crippen LogP contribution in [0.4, 0.5) is 16.2 Å². The molecule has 0 aliphatic carbocycles. The van der Waals surface area contributed by atoms with Crippen molar-refractivity contribution in [1.82, 2.24) is 10.2 Å². The Labute approximate surface area is 156 Å². The number of para-hydroxylation sites is 1. The summed E-state index contributed by atoms with van der Waals surface area (Å²) >= 11 is 0. The molecule has 0 saturated carbocycles. The Bertz CT molecular complexity index is 775. The Morgan fingerprint density at radius 3 is 2.56 bits per heavy atom. The van der Waals surface area contributed by atoms with E-state index >= 15 is 0 Å². The van der Waals surface area contributed by atoms with Crippen molar-refractivity contribution in [3.8, 4) is 5.75 Å². The number of piperazine rings is 1. The first-order valence-corrected chi connectivity index (χ1v) is 9.13. The van der Waals surface area contributed by atoms with Gasteiger partial charge in [-0.25, -0.2) is 4.79 Å². The van der Waals surface area contributed by atoms with E-state index in [-0.39, 0.29) is 17.9 Å². The zero-order chi connectivity index (χ0) is 19.0. The van der Waals surface area contributed by atoms with Gasteiger partial charge in [0.1, 0.15) is 12.6 Å². The number of ether oxygens (including phenoxy) is 1. The average Bonchev–Trinajstić information content (AvgIpc) is 2.67. The van der Waals surface area contributed by atoms with Crippen molar-refractivity contribution >= 4 is 29.3 Å². The van der Waals surface area contributed by atoms with Gasteiger partial charge >= 0.3 is 6.09 Å². The molecule has 27 heavy (non-hydrogen) atoms. The minimum atomic E-state index is -0.898. The Hall–Kier alpha value is -2.97. The van der Waals surface area contributed by atoms with E-state index in [9.17, 15) is 14.4 Å². The van der Waals surface area contributed by atoms with Gasteiger partial charge < -0.3 is 24.5 Å². The highest BCUT2D eigenvalue weighted by molar-refractivity contribution is 6.02. The van der Waals surface area contributed by atoms with Gasteiger partial charge in [-0.1, -0.05) is 6.07 Å². The molecule has 2 N–H and O–H groups in total. The first-order chi connectivity index (χ1) is 13.0. The lowest BCUT2D eigenvalue weighted by Crippen LogP contribution is -2.54. The number of piperidine rings is 1. The molecule has 0 radical (unpaired) electrons. The Balaban J connectivity index is 1.58. The van der Waals surface area contributed by atoms with Crippen molar-refractivity contribution in [1.29, 1.82) is 0 Å². The summed E-state index contributed by atoms with van der Waals surface area (Å²) in [6.07, 6.45) is -0.0732. The number of amides is 3. The largest absolute Gasteiger partial charge is 0.487 e. The zero-order valence-electron chi connectivity index (χ0n) is 14.9. The molecule has 2 fully saturated rings. The Morgan fingerprint density at radius 2 is 1.85 bits per heavy atom. The lowest BCUT2D eigenvalue weighted by atomic mass is 10.0. The molecular weight excluding hydrogens is 352 g/mol. The number of nitrogens with zero attached hydrogens (tertiary/aromatic N) is 3. The zero-order valence-corrected chi connectivity index (χ0v) is 14.9. The summed E-state index contributed by atoms with van der Waals surface area (Å²) in [5.74, 6) is 0.228. The van der Waals surface area contributed by atoms with Gasteiger partial charge in [-0.3, -0.25) is 14.9 Å². The number of nitrogens with one attached hydrogen (secondary N) is 1. The van der Waals surface area contributed by atoms with Crippen LogP contribution in [-0.2, 0) is 9.59 Å². The number of rotatable bonds is 2. The number of benzene rings is 1. The van der Waals surface area contributed by atoms with E-state index in [4.69, 9.17) is 9.84 Å². The van der Waals surface area contributed by atoms with E-state index in [2.05, 4.69) is 10.2 Å². The number of hydrogen-bond acceptors (Lipinski definition) is 6. The van der Waals surface area contributed by atoms with E-state index in [1.54, 1.807) is 0 Å². The molecule has 3 heterocycles. The van der Waals surface area contributed by atoms with Gasteiger partial charge in [0.25, 0.3) is 0 Å². The minimum Gasteiger partial charge on any atom is -0.487 e. The lowest BCUT2D eigenvalue weighted by molar-refractivity contribution is -0.134. The molecule has 1 aromatic carbocycles. The molecule has 3 amide bonds. The van der Waals surface area contributed by atoms with E-state index in [1.165, 1.54) is 4.90 Å². The first kappa shape index (κ1) is 17.4. The maximum atomic E-state index is 12.3. The van der Waals surface area contributed by atoms with Crippen LogP contribution in [0.25, 0.3) is 0 Å². The van der Waals surface area contributed by atoms with Gasteiger partial charge in [0.2, 0.25) is 11.8 Å². The van der Waals surface area contributed by atoms with Crippen LogP contribution in [0.3, 0.4) is 0 Å². The van der Waals surface area contributed by atoms with Crippen LogP contribution < -0.4 is 19.9 Å². The lowest BCUT2D eigenvalue weighted by Gasteiger charge is -2.41. The molecule has 9 nitrogen and oxygen atoms in total. The van der Waals surface area contributed by atoms with Crippen molar-refractivity contribution in [2.24, 2.45) is 0 Å². The Morgan fingerprint density at radius 1 is 1.11 bits per heavy atom. The second-order valence-electron chi connectivity index (χ2n) is 6.89. The van der Waals surface area contributed by atoms with Crippen LogP contribution in [0.2, 0.25) is 0 Å². The number of anilines is 2. The van der Waals surface area contributed by atoms with Crippen molar-refractivity contribution in [2.45, 2.75) is 18.9 Å². The highest BCUT2D eigenvalue weighted by atomic mass is 16.5. The molecule has 0 unspecified atom stereocenters. The van der Waals surface area contributed by atoms with Crippen molar-refractivity contribution in [3.05, 3.63) is 18.2 Å². The fourth-order valence-corrected chi connectivity index (χ4v) is 3.94. The third-order valence-corrected chi connectivity index (χ3v) is 5.34. The highest BCUT2D eigenvalue weighted by Gasteiger charge is 2.36. The van der Waals surface area contributed by atoms with E-state index < -0.39 is 6.09 Å². The van der Waals surface area contributed by atoms with Crippen LogP contribution in [0.5, 0.6) is 5.75 Å². The molecule has 0 aromatic heterocycles. The van der Waals surface area contributed by atoms with Crippen LogP contribution in [0.15, 0.2) is 18.2 Å². The summed E-state index contributed by atoms with van der Waals surface area (Å²) in [7, 11) is 0. The van der Waals surface area contributed by atoms with Crippen molar-refractivity contribution in [3.63, 3.8) is 0 Å². The van der Waals surface area contributed by atoms with Crippen LogP contribution >= 0.6 is 0 Å².